The molecule has 2 N–H and O–H groups in total. The first-order chi connectivity index (χ1) is 12.6. The molecule has 1 aromatic rings. The Kier molecular flexibility index (Phi) is 6.53. The number of nitrogens with one attached hydrogen (secondary N) is 2. The molecular formula is C19H30N4O2S. The lowest BCUT2D eigenvalue weighted by Crippen LogP contribution is -2.50. The summed E-state index contributed by atoms with van der Waals surface area (Å²) in [6, 6.07) is 11.0. The van der Waals surface area contributed by atoms with Crippen molar-refractivity contribution in [2.24, 2.45) is 4.99 Å². The van der Waals surface area contributed by atoms with Crippen molar-refractivity contribution in [2.75, 3.05) is 31.6 Å². The van der Waals surface area contributed by atoms with Gasteiger partial charge in [-0.25, -0.2) is 8.42 Å². The predicted molar refractivity (Wildman–Crippen MR) is 106 cm³/mol. The van der Waals surface area contributed by atoms with Crippen LogP contribution in [0.1, 0.15) is 31.2 Å². The number of hydrogen-bond acceptors (Lipinski definition) is 4. The van der Waals surface area contributed by atoms with E-state index in [0.717, 1.165) is 19.6 Å². The van der Waals surface area contributed by atoms with Crippen LogP contribution in [0.3, 0.4) is 0 Å². The van der Waals surface area contributed by atoms with Gasteiger partial charge in [-0.1, -0.05) is 36.8 Å². The normalized spacial score (nSPS) is 26.6. The average Bonchev–Trinajstić information content (AvgIpc) is 2.99. The molecule has 2 unspecified atom stereocenters. The van der Waals surface area contributed by atoms with E-state index in [-0.39, 0.29) is 17.5 Å². The maximum Gasteiger partial charge on any atom is 0.191 e. The fourth-order valence-electron chi connectivity index (χ4n) is 3.83. The van der Waals surface area contributed by atoms with Gasteiger partial charge in [-0.3, -0.25) is 9.89 Å². The van der Waals surface area contributed by atoms with Gasteiger partial charge < -0.3 is 10.6 Å². The Bertz CT molecular complexity index is 706. The number of hydrogen-bond donors (Lipinski definition) is 2. The lowest BCUT2D eigenvalue weighted by atomic mass is 10.0. The van der Waals surface area contributed by atoms with Crippen molar-refractivity contribution in [1.29, 1.82) is 0 Å². The second-order valence-corrected chi connectivity index (χ2v) is 9.53. The molecule has 26 heavy (non-hydrogen) atoms. The van der Waals surface area contributed by atoms with Crippen LogP contribution in [0.2, 0.25) is 0 Å². The maximum atomic E-state index is 11.6. The van der Waals surface area contributed by atoms with E-state index in [1.54, 1.807) is 7.05 Å². The van der Waals surface area contributed by atoms with Crippen molar-refractivity contribution in [1.82, 2.24) is 15.5 Å². The molecule has 1 aromatic carbocycles. The van der Waals surface area contributed by atoms with Crippen LogP contribution in [0.4, 0.5) is 0 Å². The summed E-state index contributed by atoms with van der Waals surface area (Å²) in [5, 5.41) is 6.68. The highest BCUT2D eigenvalue weighted by Gasteiger charge is 2.29. The van der Waals surface area contributed by atoms with Gasteiger partial charge in [0.05, 0.1) is 11.5 Å². The monoisotopic (exact) mass is 378 g/mol. The van der Waals surface area contributed by atoms with Crippen LogP contribution in [0.25, 0.3) is 0 Å². The van der Waals surface area contributed by atoms with Crippen LogP contribution in [-0.4, -0.2) is 63.0 Å². The molecular weight excluding hydrogens is 348 g/mol. The van der Waals surface area contributed by atoms with E-state index in [2.05, 4.69) is 50.9 Å². The summed E-state index contributed by atoms with van der Waals surface area (Å²) in [5.74, 6) is 1.18. The third kappa shape index (κ3) is 5.45. The highest BCUT2D eigenvalue weighted by atomic mass is 32.2. The number of piperidine rings is 1. The molecule has 2 aliphatic heterocycles. The van der Waals surface area contributed by atoms with E-state index in [9.17, 15) is 8.42 Å². The first-order valence-corrected chi connectivity index (χ1v) is 11.3. The topological polar surface area (TPSA) is 73.8 Å². The van der Waals surface area contributed by atoms with E-state index in [1.807, 2.05) is 0 Å². The van der Waals surface area contributed by atoms with Crippen LogP contribution in [-0.2, 0) is 16.4 Å². The molecule has 2 heterocycles. The third-order valence-electron chi connectivity index (χ3n) is 5.28. The summed E-state index contributed by atoms with van der Waals surface area (Å²) in [6.07, 6.45) is 4.34. The molecule has 7 heteroatoms. The zero-order valence-electron chi connectivity index (χ0n) is 15.5. The molecule has 2 atom stereocenters. The summed E-state index contributed by atoms with van der Waals surface area (Å²) in [5.41, 5.74) is 1.35. The van der Waals surface area contributed by atoms with Gasteiger partial charge in [-0.15, -0.1) is 0 Å². The quantitative estimate of drug-likeness (QED) is 0.598. The number of nitrogens with zero attached hydrogens (tertiary/aromatic N) is 2. The van der Waals surface area contributed by atoms with E-state index < -0.39 is 9.84 Å². The highest BCUT2D eigenvalue weighted by molar-refractivity contribution is 7.91. The van der Waals surface area contributed by atoms with Gasteiger partial charge in [-0.2, -0.15) is 0 Å². The summed E-state index contributed by atoms with van der Waals surface area (Å²) >= 11 is 0. The van der Waals surface area contributed by atoms with Gasteiger partial charge in [0.1, 0.15) is 0 Å². The van der Waals surface area contributed by atoms with Gasteiger partial charge in [0, 0.05) is 32.2 Å². The third-order valence-corrected chi connectivity index (χ3v) is 7.05. The zero-order valence-corrected chi connectivity index (χ0v) is 16.3. The van der Waals surface area contributed by atoms with Crippen LogP contribution < -0.4 is 10.6 Å². The summed E-state index contributed by atoms with van der Waals surface area (Å²) in [4.78, 5) is 6.81. The van der Waals surface area contributed by atoms with E-state index >= 15 is 0 Å². The van der Waals surface area contributed by atoms with Crippen molar-refractivity contribution >= 4 is 15.8 Å². The minimum atomic E-state index is -2.88. The maximum absolute atomic E-state index is 11.6. The Morgan fingerprint density at radius 1 is 1.23 bits per heavy atom. The number of sulfone groups is 1. The van der Waals surface area contributed by atoms with Gasteiger partial charge in [0.25, 0.3) is 0 Å². The molecule has 2 saturated heterocycles. The molecule has 0 aromatic heterocycles. The minimum absolute atomic E-state index is 0.0297. The summed E-state index contributed by atoms with van der Waals surface area (Å²) in [7, 11) is -1.14. The highest BCUT2D eigenvalue weighted by Crippen LogP contribution is 2.19. The fourth-order valence-corrected chi connectivity index (χ4v) is 5.50. The fraction of sp³-hybridized carbons (Fsp3) is 0.632. The van der Waals surface area contributed by atoms with Crippen molar-refractivity contribution in [2.45, 2.75) is 44.3 Å². The summed E-state index contributed by atoms with van der Waals surface area (Å²) < 4.78 is 23.3. The smallest absolute Gasteiger partial charge is 0.191 e. The molecule has 2 aliphatic rings. The van der Waals surface area contributed by atoms with Crippen molar-refractivity contribution in [3.63, 3.8) is 0 Å². The summed E-state index contributed by atoms with van der Waals surface area (Å²) in [6.45, 7) is 2.92. The molecule has 3 rings (SSSR count). The average molecular weight is 379 g/mol. The molecule has 0 spiro atoms. The van der Waals surface area contributed by atoms with Gasteiger partial charge in [0.2, 0.25) is 0 Å². The van der Waals surface area contributed by atoms with Crippen molar-refractivity contribution < 1.29 is 8.42 Å². The van der Waals surface area contributed by atoms with Gasteiger partial charge in [-0.05, 0) is 31.4 Å². The second kappa shape index (κ2) is 8.86. The van der Waals surface area contributed by atoms with Crippen LogP contribution in [0, 0.1) is 0 Å². The lowest BCUT2D eigenvalue weighted by Gasteiger charge is -2.36. The number of benzene rings is 1. The van der Waals surface area contributed by atoms with Crippen LogP contribution in [0.15, 0.2) is 35.3 Å². The van der Waals surface area contributed by atoms with Crippen molar-refractivity contribution in [3.05, 3.63) is 35.9 Å². The molecule has 144 valence electrons. The Hall–Kier alpha value is -1.60. The van der Waals surface area contributed by atoms with Crippen LogP contribution in [0.5, 0.6) is 0 Å². The first kappa shape index (κ1) is 19.2. The molecule has 0 amide bonds. The number of rotatable bonds is 5. The van der Waals surface area contributed by atoms with Crippen molar-refractivity contribution in [3.8, 4) is 0 Å². The zero-order chi connectivity index (χ0) is 18.4. The van der Waals surface area contributed by atoms with Gasteiger partial charge >= 0.3 is 0 Å². The molecule has 0 bridgehead atoms. The molecule has 0 aliphatic carbocycles. The molecule has 6 nitrogen and oxygen atoms in total. The standard InChI is InChI=1S/C19H30N4O2S/c1-20-19(22-17-10-12-26(24,25)15-17)21-13-18-9-5-6-11-23(18)14-16-7-3-2-4-8-16/h2-4,7-8,17-18H,5-6,9-15H2,1H3,(H2,20,21,22). The predicted octanol–water partition coefficient (Wildman–Crippen LogP) is 1.39. The first-order valence-electron chi connectivity index (χ1n) is 9.51. The lowest BCUT2D eigenvalue weighted by molar-refractivity contribution is 0.141. The Balaban J connectivity index is 1.52. The molecule has 0 radical (unpaired) electrons. The van der Waals surface area contributed by atoms with Crippen LogP contribution >= 0.6 is 0 Å². The largest absolute Gasteiger partial charge is 0.355 e. The number of aliphatic imine (C=N–C) groups is 1. The SMILES string of the molecule is CN=C(NCC1CCCCN1Cc1ccccc1)NC1CCS(=O)(=O)C1. The molecule has 0 saturated carbocycles. The van der Waals surface area contributed by atoms with E-state index in [1.165, 1.54) is 24.8 Å². The minimum Gasteiger partial charge on any atom is -0.355 e. The number of likely N-dealkylation sites (tertiary alicyclic amines) is 1. The Labute approximate surface area is 157 Å². The Morgan fingerprint density at radius 3 is 2.73 bits per heavy atom. The van der Waals surface area contributed by atoms with E-state index in [4.69, 9.17) is 0 Å². The van der Waals surface area contributed by atoms with E-state index in [0.29, 0.717) is 18.4 Å². The molecule has 2 fully saturated rings. The Morgan fingerprint density at radius 2 is 2.04 bits per heavy atom. The second-order valence-electron chi connectivity index (χ2n) is 7.30. The number of guanidine groups is 1. The van der Waals surface area contributed by atoms with Gasteiger partial charge in [0.15, 0.2) is 15.8 Å².